The van der Waals surface area contributed by atoms with Gasteiger partial charge in [-0.15, -0.1) is 0 Å². The molecule has 0 spiro atoms. The fourth-order valence-corrected chi connectivity index (χ4v) is 3.40. The Morgan fingerprint density at radius 2 is 1.71 bits per heavy atom. The van der Waals surface area contributed by atoms with E-state index in [1.54, 1.807) is 0 Å². The molecule has 2 aliphatic rings. The molecule has 0 radical (unpaired) electrons. The van der Waals surface area contributed by atoms with Gasteiger partial charge >= 0.3 is 0 Å². The van der Waals surface area contributed by atoms with Gasteiger partial charge in [-0.25, -0.2) is 0 Å². The molecule has 2 atom stereocenters. The topological polar surface area (TPSA) is 44.5 Å². The van der Waals surface area contributed by atoms with Crippen LogP contribution in [-0.2, 0) is 9.47 Å². The van der Waals surface area contributed by atoms with Crippen LogP contribution in [0.1, 0.15) is 19.3 Å². The molecule has 2 saturated heterocycles. The number of thioether (sulfide) groups is 1. The molecule has 2 heterocycles. The highest BCUT2D eigenvalue weighted by atomic mass is 32.2. The third-order valence-electron chi connectivity index (χ3n) is 2.89. The van der Waals surface area contributed by atoms with Gasteiger partial charge in [0.25, 0.3) is 0 Å². The molecule has 0 aliphatic carbocycles. The quantitative estimate of drug-likeness (QED) is 0.750. The Balaban J connectivity index is 1.76. The van der Waals surface area contributed by atoms with Crippen LogP contribution >= 0.6 is 11.8 Å². The zero-order valence-electron chi connectivity index (χ0n) is 8.48. The van der Waals surface area contributed by atoms with Crippen molar-refractivity contribution < 1.29 is 9.47 Å². The second-order valence-electron chi connectivity index (χ2n) is 4.01. The van der Waals surface area contributed by atoms with E-state index in [2.05, 4.69) is 0 Å². The zero-order chi connectivity index (χ0) is 9.80. The summed E-state index contributed by atoms with van der Waals surface area (Å²) in [4.78, 5) is 0. The molecule has 0 saturated carbocycles. The lowest BCUT2D eigenvalue weighted by Crippen LogP contribution is -2.42. The molecular weight excluding hydrogens is 198 g/mol. The molecule has 2 aliphatic heterocycles. The van der Waals surface area contributed by atoms with Crippen LogP contribution in [0.15, 0.2) is 0 Å². The zero-order valence-corrected chi connectivity index (χ0v) is 9.30. The highest BCUT2D eigenvalue weighted by Crippen LogP contribution is 2.29. The second-order valence-corrected chi connectivity index (χ2v) is 5.56. The van der Waals surface area contributed by atoms with E-state index in [1.165, 1.54) is 12.8 Å². The minimum atomic E-state index is 0.330. The van der Waals surface area contributed by atoms with Crippen LogP contribution in [0.4, 0.5) is 0 Å². The van der Waals surface area contributed by atoms with Crippen LogP contribution in [0.3, 0.4) is 0 Å². The monoisotopic (exact) mass is 217 g/mol. The predicted octanol–water partition coefficient (Wildman–Crippen LogP) is 1.01. The maximum atomic E-state index is 6.06. The van der Waals surface area contributed by atoms with Gasteiger partial charge in [0, 0.05) is 36.4 Å². The van der Waals surface area contributed by atoms with Crippen molar-refractivity contribution in [2.45, 2.75) is 35.8 Å². The SMILES string of the molecule is NC1CCOCC1SC1CCOCC1. The molecule has 4 heteroatoms. The summed E-state index contributed by atoms with van der Waals surface area (Å²) in [5.41, 5.74) is 6.06. The molecule has 82 valence electrons. The molecule has 2 N–H and O–H groups in total. The van der Waals surface area contributed by atoms with E-state index in [9.17, 15) is 0 Å². The van der Waals surface area contributed by atoms with Crippen LogP contribution in [0, 0.1) is 0 Å². The summed E-state index contributed by atoms with van der Waals surface area (Å²) in [6.45, 7) is 3.51. The van der Waals surface area contributed by atoms with Gasteiger partial charge in [0.05, 0.1) is 6.61 Å². The summed E-state index contributed by atoms with van der Waals surface area (Å²) < 4.78 is 10.8. The molecular formula is C10H19NO2S. The van der Waals surface area contributed by atoms with E-state index < -0.39 is 0 Å². The van der Waals surface area contributed by atoms with Crippen LogP contribution in [0.5, 0.6) is 0 Å². The number of hydrogen-bond donors (Lipinski definition) is 1. The van der Waals surface area contributed by atoms with E-state index in [1.807, 2.05) is 11.8 Å². The van der Waals surface area contributed by atoms with E-state index >= 15 is 0 Å². The van der Waals surface area contributed by atoms with E-state index in [4.69, 9.17) is 15.2 Å². The Hall–Kier alpha value is 0.230. The molecule has 2 fully saturated rings. The molecule has 0 amide bonds. The minimum absolute atomic E-state index is 0.330. The summed E-state index contributed by atoms with van der Waals surface area (Å²) in [5, 5.41) is 1.24. The Bertz CT molecular complexity index is 174. The fourth-order valence-electron chi connectivity index (χ4n) is 1.93. The fraction of sp³-hybridized carbons (Fsp3) is 1.00. The highest BCUT2D eigenvalue weighted by Gasteiger charge is 2.26. The maximum absolute atomic E-state index is 6.06. The first kappa shape index (κ1) is 10.7. The van der Waals surface area contributed by atoms with Gasteiger partial charge in [0.2, 0.25) is 0 Å². The lowest BCUT2D eigenvalue weighted by molar-refractivity contribution is 0.0885. The van der Waals surface area contributed by atoms with Gasteiger partial charge in [-0.2, -0.15) is 11.8 Å². The van der Waals surface area contributed by atoms with E-state index in [0.29, 0.717) is 11.3 Å². The summed E-state index contributed by atoms with van der Waals surface area (Å²) in [6.07, 6.45) is 3.36. The van der Waals surface area contributed by atoms with Crippen LogP contribution in [0.2, 0.25) is 0 Å². The standard InChI is InChI=1S/C10H19NO2S/c11-9-3-6-13-7-10(9)14-8-1-4-12-5-2-8/h8-10H,1-7,11H2. The van der Waals surface area contributed by atoms with Gasteiger partial charge in [-0.05, 0) is 19.3 Å². The molecule has 14 heavy (non-hydrogen) atoms. The lowest BCUT2D eigenvalue weighted by atomic mass is 10.1. The Kier molecular flexibility index (Phi) is 4.10. The van der Waals surface area contributed by atoms with E-state index in [-0.39, 0.29) is 0 Å². The summed E-state index contributed by atoms with van der Waals surface area (Å²) in [5.74, 6) is 0. The van der Waals surface area contributed by atoms with Crippen molar-refractivity contribution >= 4 is 11.8 Å². The number of hydrogen-bond acceptors (Lipinski definition) is 4. The first-order valence-corrected chi connectivity index (χ1v) is 6.37. The molecule has 0 bridgehead atoms. The smallest absolute Gasteiger partial charge is 0.0600 e. The average molecular weight is 217 g/mol. The Morgan fingerprint density at radius 1 is 1.00 bits per heavy atom. The van der Waals surface area contributed by atoms with Crippen molar-refractivity contribution in [2.75, 3.05) is 26.4 Å². The molecule has 0 aromatic heterocycles. The Labute approximate surface area is 89.7 Å². The van der Waals surface area contributed by atoms with E-state index in [0.717, 1.165) is 38.1 Å². The molecule has 2 rings (SSSR count). The van der Waals surface area contributed by atoms with Crippen LogP contribution in [-0.4, -0.2) is 43.0 Å². The van der Waals surface area contributed by atoms with Crippen LogP contribution < -0.4 is 5.73 Å². The average Bonchev–Trinajstić information content (AvgIpc) is 2.23. The third kappa shape index (κ3) is 2.86. The van der Waals surface area contributed by atoms with Crippen molar-refractivity contribution in [3.05, 3.63) is 0 Å². The lowest BCUT2D eigenvalue weighted by Gasteiger charge is -2.32. The van der Waals surface area contributed by atoms with Gasteiger partial charge < -0.3 is 15.2 Å². The number of ether oxygens (including phenoxy) is 2. The van der Waals surface area contributed by atoms with Crippen LogP contribution in [0.25, 0.3) is 0 Å². The van der Waals surface area contributed by atoms with Gasteiger partial charge in [0.1, 0.15) is 0 Å². The van der Waals surface area contributed by atoms with Gasteiger partial charge in [-0.1, -0.05) is 0 Å². The molecule has 3 nitrogen and oxygen atoms in total. The van der Waals surface area contributed by atoms with Gasteiger partial charge in [0.15, 0.2) is 0 Å². The minimum Gasteiger partial charge on any atom is -0.381 e. The molecule has 0 aromatic rings. The number of rotatable bonds is 2. The van der Waals surface area contributed by atoms with Gasteiger partial charge in [-0.3, -0.25) is 0 Å². The summed E-state index contributed by atoms with van der Waals surface area (Å²) in [6, 6.07) is 0.330. The Morgan fingerprint density at radius 3 is 2.43 bits per heavy atom. The van der Waals surface area contributed by atoms with Crippen molar-refractivity contribution in [2.24, 2.45) is 5.73 Å². The first-order chi connectivity index (χ1) is 6.86. The van der Waals surface area contributed by atoms with Crippen molar-refractivity contribution in [1.82, 2.24) is 0 Å². The molecule has 2 unspecified atom stereocenters. The first-order valence-electron chi connectivity index (χ1n) is 5.43. The van der Waals surface area contributed by atoms with Crippen molar-refractivity contribution in [3.8, 4) is 0 Å². The largest absolute Gasteiger partial charge is 0.381 e. The second kappa shape index (κ2) is 5.35. The summed E-state index contributed by atoms with van der Waals surface area (Å²) >= 11 is 2.02. The highest BCUT2D eigenvalue weighted by molar-refractivity contribution is 8.00. The maximum Gasteiger partial charge on any atom is 0.0600 e. The van der Waals surface area contributed by atoms with Crippen molar-refractivity contribution in [3.63, 3.8) is 0 Å². The summed E-state index contributed by atoms with van der Waals surface area (Å²) in [7, 11) is 0. The third-order valence-corrected chi connectivity index (χ3v) is 4.58. The molecule has 0 aromatic carbocycles. The number of nitrogens with two attached hydrogens (primary N) is 1. The predicted molar refractivity (Wildman–Crippen MR) is 58.6 cm³/mol. The van der Waals surface area contributed by atoms with Crippen molar-refractivity contribution in [1.29, 1.82) is 0 Å². The normalized spacial score (nSPS) is 35.8.